The van der Waals surface area contributed by atoms with E-state index >= 15 is 0 Å². The summed E-state index contributed by atoms with van der Waals surface area (Å²) in [6, 6.07) is 7.79. The van der Waals surface area contributed by atoms with Crippen LogP contribution in [0, 0.1) is 5.92 Å². The molecule has 1 heterocycles. The summed E-state index contributed by atoms with van der Waals surface area (Å²) in [5.41, 5.74) is 1.24. The molecule has 1 N–H and O–H groups in total. The Morgan fingerprint density at radius 3 is 2.44 bits per heavy atom. The van der Waals surface area contributed by atoms with Gasteiger partial charge in [0.2, 0.25) is 5.91 Å². The summed E-state index contributed by atoms with van der Waals surface area (Å²) in [6.45, 7) is 8.97. The van der Waals surface area contributed by atoms with Gasteiger partial charge in [0.25, 0.3) is 5.91 Å². The van der Waals surface area contributed by atoms with Crippen molar-refractivity contribution >= 4 is 11.8 Å². The molecule has 0 saturated heterocycles. The van der Waals surface area contributed by atoms with Crippen molar-refractivity contribution < 1.29 is 9.59 Å². The van der Waals surface area contributed by atoms with Crippen LogP contribution in [0.3, 0.4) is 0 Å². The van der Waals surface area contributed by atoms with Crippen molar-refractivity contribution in [3.05, 3.63) is 35.4 Å². The average molecular weight is 342 g/mol. The Bertz CT molecular complexity index is 660. The molecule has 1 aliphatic carbocycles. The summed E-state index contributed by atoms with van der Waals surface area (Å²) in [4.78, 5) is 28.6. The van der Waals surface area contributed by atoms with Gasteiger partial charge in [-0.05, 0) is 44.2 Å². The van der Waals surface area contributed by atoms with Gasteiger partial charge in [0.1, 0.15) is 0 Å². The summed E-state index contributed by atoms with van der Waals surface area (Å²) in [5, 5.41) is 3.12. The third kappa shape index (κ3) is 3.07. The Morgan fingerprint density at radius 1 is 1.20 bits per heavy atom. The molecule has 4 nitrogen and oxygen atoms in total. The predicted octanol–water partition coefficient (Wildman–Crippen LogP) is 3.72. The van der Waals surface area contributed by atoms with Gasteiger partial charge in [0, 0.05) is 18.2 Å². The lowest BCUT2D eigenvalue weighted by atomic mass is 9.70. The maximum Gasteiger partial charge on any atom is 0.254 e. The van der Waals surface area contributed by atoms with Crippen LogP contribution in [-0.2, 0) is 4.79 Å². The Hall–Kier alpha value is -1.84. The van der Waals surface area contributed by atoms with Gasteiger partial charge in [-0.2, -0.15) is 0 Å². The first-order valence-corrected chi connectivity index (χ1v) is 9.58. The molecule has 0 unspecified atom stereocenters. The maximum atomic E-state index is 13.3. The van der Waals surface area contributed by atoms with Crippen LogP contribution < -0.4 is 5.32 Å². The Balaban J connectivity index is 2.15. The number of benzene rings is 1. The molecule has 0 aromatic heterocycles. The van der Waals surface area contributed by atoms with Crippen LogP contribution in [0.4, 0.5) is 0 Å². The van der Waals surface area contributed by atoms with E-state index in [0.717, 1.165) is 31.2 Å². The molecule has 1 fully saturated rings. The van der Waals surface area contributed by atoms with E-state index < -0.39 is 0 Å². The van der Waals surface area contributed by atoms with E-state index in [4.69, 9.17) is 0 Å². The fourth-order valence-corrected chi connectivity index (χ4v) is 4.67. The van der Waals surface area contributed by atoms with Crippen LogP contribution in [0.1, 0.15) is 75.2 Å². The molecule has 25 heavy (non-hydrogen) atoms. The molecule has 136 valence electrons. The fourth-order valence-electron chi connectivity index (χ4n) is 4.67. The van der Waals surface area contributed by atoms with Gasteiger partial charge in [-0.25, -0.2) is 0 Å². The third-order valence-electron chi connectivity index (χ3n) is 5.53. The lowest BCUT2D eigenvalue weighted by Crippen LogP contribution is -2.61. The van der Waals surface area contributed by atoms with Gasteiger partial charge in [0.05, 0.1) is 11.5 Å². The van der Waals surface area contributed by atoms with E-state index in [1.807, 2.05) is 43.0 Å². The molecule has 3 rings (SSSR count). The second-order valence-corrected chi connectivity index (χ2v) is 8.30. The van der Waals surface area contributed by atoms with E-state index in [1.54, 1.807) is 0 Å². The third-order valence-corrected chi connectivity index (χ3v) is 5.53. The number of hydrogen-bond acceptors (Lipinski definition) is 2. The monoisotopic (exact) mass is 342 g/mol. The van der Waals surface area contributed by atoms with Crippen LogP contribution in [0.25, 0.3) is 0 Å². The van der Waals surface area contributed by atoms with Crippen molar-refractivity contribution in [3.8, 4) is 0 Å². The van der Waals surface area contributed by atoms with Gasteiger partial charge in [0.15, 0.2) is 0 Å². The molecule has 0 radical (unpaired) electrons. The zero-order chi connectivity index (χ0) is 18.2. The summed E-state index contributed by atoms with van der Waals surface area (Å²) >= 11 is 0. The number of nitrogens with zero attached hydrogens (tertiary/aromatic N) is 1. The van der Waals surface area contributed by atoms with E-state index in [2.05, 4.69) is 19.2 Å². The highest BCUT2D eigenvalue weighted by molar-refractivity contribution is 6.02. The topological polar surface area (TPSA) is 49.4 Å². The van der Waals surface area contributed by atoms with E-state index in [0.29, 0.717) is 18.0 Å². The molecular weight excluding hydrogens is 312 g/mol. The van der Waals surface area contributed by atoms with Crippen LogP contribution in [0.15, 0.2) is 24.3 Å². The van der Waals surface area contributed by atoms with Gasteiger partial charge < -0.3 is 10.2 Å². The zero-order valence-corrected chi connectivity index (χ0v) is 15.8. The second-order valence-electron chi connectivity index (χ2n) is 8.30. The minimum Gasteiger partial charge on any atom is -0.353 e. The van der Waals surface area contributed by atoms with Crippen LogP contribution in [0.5, 0.6) is 0 Å². The summed E-state index contributed by atoms with van der Waals surface area (Å²) in [6.07, 6.45) is 3.98. The highest BCUT2D eigenvalue weighted by Crippen LogP contribution is 2.50. The molecule has 1 saturated carbocycles. The van der Waals surface area contributed by atoms with Gasteiger partial charge in [-0.15, -0.1) is 0 Å². The largest absolute Gasteiger partial charge is 0.353 e. The van der Waals surface area contributed by atoms with Crippen LogP contribution >= 0.6 is 0 Å². The maximum absolute atomic E-state index is 13.3. The first kappa shape index (κ1) is 18.0. The molecule has 1 atom stereocenters. The number of amides is 2. The number of fused-ring (bicyclic) bond motifs is 1. The smallest absolute Gasteiger partial charge is 0.254 e. The van der Waals surface area contributed by atoms with E-state index in [9.17, 15) is 9.59 Å². The van der Waals surface area contributed by atoms with Gasteiger partial charge >= 0.3 is 0 Å². The van der Waals surface area contributed by atoms with Crippen molar-refractivity contribution in [1.82, 2.24) is 10.2 Å². The summed E-state index contributed by atoms with van der Waals surface area (Å²) < 4.78 is 0. The molecule has 2 aliphatic rings. The zero-order valence-electron chi connectivity index (χ0n) is 15.8. The fraction of sp³-hybridized carbons (Fsp3) is 0.619. The quantitative estimate of drug-likeness (QED) is 0.906. The minimum absolute atomic E-state index is 0.0607. The van der Waals surface area contributed by atoms with Crippen molar-refractivity contribution in [2.24, 2.45) is 5.92 Å². The lowest BCUT2D eigenvalue weighted by molar-refractivity contribution is -0.127. The first-order chi connectivity index (χ1) is 11.9. The molecule has 2 amide bonds. The first-order valence-electron chi connectivity index (χ1n) is 9.58. The normalized spacial score (nSPS) is 21.9. The van der Waals surface area contributed by atoms with Crippen molar-refractivity contribution in [2.45, 2.75) is 70.9 Å². The minimum atomic E-state index is -0.366. The molecule has 1 aliphatic heterocycles. The Kier molecular flexibility index (Phi) is 4.90. The van der Waals surface area contributed by atoms with E-state index in [1.165, 1.54) is 0 Å². The molecule has 1 spiro atoms. The van der Waals surface area contributed by atoms with E-state index in [-0.39, 0.29) is 29.3 Å². The summed E-state index contributed by atoms with van der Waals surface area (Å²) in [7, 11) is 0. The Morgan fingerprint density at radius 2 is 1.84 bits per heavy atom. The molecule has 4 heteroatoms. The highest BCUT2D eigenvalue weighted by atomic mass is 16.2. The average Bonchev–Trinajstić information content (AvgIpc) is 3.01. The molecule has 0 bridgehead atoms. The van der Waals surface area contributed by atoms with Gasteiger partial charge in [-0.1, -0.05) is 44.9 Å². The standard InChI is InChI=1S/C21H30N2O2/c1-14(2)13-23-20(25)17-10-6-5-9-16(17)18(19(24)22-15(3)4)21(23)11-7-8-12-21/h5-6,9-10,14-15,18H,7-8,11-13H2,1-4H3,(H,22,24)/t18-/m0/s1. The summed E-state index contributed by atoms with van der Waals surface area (Å²) in [5.74, 6) is 0.260. The number of nitrogens with one attached hydrogen (secondary N) is 1. The SMILES string of the molecule is CC(C)CN1C(=O)c2ccccc2[C@@H](C(=O)NC(C)C)C12CCCC2. The number of hydrogen-bond donors (Lipinski definition) is 1. The number of carbonyl (C=O) groups excluding carboxylic acids is 2. The highest BCUT2D eigenvalue weighted by Gasteiger charge is 2.55. The van der Waals surface area contributed by atoms with Crippen molar-refractivity contribution in [2.75, 3.05) is 6.54 Å². The lowest BCUT2D eigenvalue weighted by Gasteiger charge is -2.50. The van der Waals surface area contributed by atoms with Gasteiger partial charge in [-0.3, -0.25) is 9.59 Å². The van der Waals surface area contributed by atoms with Crippen molar-refractivity contribution in [3.63, 3.8) is 0 Å². The Labute approximate surface area is 151 Å². The number of rotatable bonds is 4. The second kappa shape index (κ2) is 6.81. The number of carbonyl (C=O) groups is 2. The van der Waals surface area contributed by atoms with Crippen LogP contribution in [0.2, 0.25) is 0 Å². The van der Waals surface area contributed by atoms with Crippen LogP contribution in [-0.4, -0.2) is 34.8 Å². The molecule has 1 aromatic rings. The predicted molar refractivity (Wildman–Crippen MR) is 99.5 cm³/mol. The molecular formula is C21H30N2O2. The van der Waals surface area contributed by atoms with Crippen molar-refractivity contribution in [1.29, 1.82) is 0 Å². The molecule has 1 aromatic carbocycles.